The first kappa shape index (κ1) is 22.0. The Bertz CT molecular complexity index is 782. The van der Waals surface area contributed by atoms with Gasteiger partial charge in [0.05, 0.1) is 19.8 Å². The van der Waals surface area contributed by atoms with Crippen molar-refractivity contribution in [2.75, 3.05) is 26.9 Å². The first-order valence-corrected chi connectivity index (χ1v) is 9.92. The Morgan fingerprint density at radius 3 is 2.44 bits per heavy atom. The van der Waals surface area contributed by atoms with Crippen LogP contribution in [0, 0.1) is 0 Å². The summed E-state index contributed by atoms with van der Waals surface area (Å²) in [5, 5.41) is 10.7. The molecule has 0 spiro atoms. The lowest BCUT2D eigenvalue weighted by Crippen LogP contribution is -2.42. The van der Waals surface area contributed by atoms with Crippen LogP contribution >= 0.6 is 7.82 Å². The van der Waals surface area contributed by atoms with Gasteiger partial charge in [0.1, 0.15) is 18.3 Å². The van der Waals surface area contributed by atoms with E-state index in [1.807, 2.05) is 0 Å². The molecule has 0 amide bonds. The zero-order valence-corrected chi connectivity index (χ0v) is 16.5. The van der Waals surface area contributed by atoms with Crippen LogP contribution in [0.25, 0.3) is 0 Å². The van der Waals surface area contributed by atoms with Crippen LogP contribution in [0.5, 0.6) is 0 Å². The summed E-state index contributed by atoms with van der Waals surface area (Å²) < 4.78 is 41.1. The molecule has 1 aliphatic rings. The Morgan fingerprint density at radius 2 is 1.89 bits per heavy atom. The van der Waals surface area contributed by atoms with Crippen LogP contribution in [-0.2, 0) is 34.7 Å². The van der Waals surface area contributed by atoms with Gasteiger partial charge in [0.2, 0.25) is 0 Å². The lowest BCUT2D eigenvalue weighted by Gasteiger charge is -2.25. The number of hydrogen-bond donors (Lipinski definition) is 1. The summed E-state index contributed by atoms with van der Waals surface area (Å²) in [7, 11) is -1.23. The van der Waals surface area contributed by atoms with Crippen LogP contribution < -0.4 is 11.2 Å². The smallest absolute Gasteiger partial charge is 0.386 e. The van der Waals surface area contributed by atoms with E-state index in [2.05, 4.69) is 0 Å². The second-order valence-electron chi connectivity index (χ2n) is 5.77. The van der Waals surface area contributed by atoms with Crippen molar-refractivity contribution in [3.63, 3.8) is 0 Å². The van der Waals surface area contributed by atoms with Gasteiger partial charge in [-0.15, -0.1) is 0 Å². The molecule has 2 rings (SSSR count). The second kappa shape index (κ2) is 9.24. The van der Waals surface area contributed by atoms with Crippen molar-refractivity contribution in [1.82, 2.24) is 9.13 Å². The quantitative estimate of drug-likeness (QED) is 0.562. The zero-order chi connectivity index (χ0) is 20.2. The van der Waals surface area contributed by atoms with E-state index in [0.717, 1.165) is 9.13 Å². The van der Waals surface area contributed by atoms with Gasteiger partial charge in [-0.3, -0.25) is 27.5 Å². The van der Waals surface area contributed by atoms with Gasteiger partial charge in [-0.25, -0.2) is 9.36 Å². The molecule has 1 aromatic heterocycles. The minimum absolute atomic E-state index is 0.00298. The first-order chi connectivity index (χ1) is 12.8. The van der Waals surface area contributed by atoms with Gasteiger partial charge in [0.15, 0.2) is 6.23 Å². The van der Waals surface area contributed by atoms with Crippen LogP contribution in [0.2, 0.25) is 0 Å². The van der Waals surface area contributed by atoms with Crippen LogP contribution in [-0.4, -0.2) is 59.5 Å². The van der Waals surface area contributed by atoms with E-state index in [1.54, 1.807) is 13.8 Å². The van der Waals surface area contributed by atoms with E-state index in [4.69, 9.17) is 23.0 Å². The number of aliphatic hydroxyl groups is 1. The zero-order valence-electron chi connectivity index (χ0n) is 15.6. The summed E-state index contributed by atoms with van der Waals surface area (Å²) in [5.41, 5.74) is -1.18. The third-order valence-electron chi connectivity index (χ3n) is 3.96. The number of rotatable bonds is 9. The second-order valence-corrected chi connectivity index (χ2v) is 7.39. The number of aromatic nitrogens is 2. The van der Waals surface area contributed by atoms with Gasteiger partial charge in [0, 0.05) is 26.4 Å². The lowest BCUT2D eigenvalue weighted by atomic mass is 10.1. The molecular formula is C15H25N2O9P. The fourth-order valence-electron chi connectivity index (χ4n) is 2.72. The summed E-state index contributed by atoms with van der Waals surface area (Å²) in [6.07, 6.45) is -3.35. The molecule has 0 saturated carbocycles. The van der Waals surface area contributed by atoms with Crippen molar-refractivity contribution in [2.45, 2.75) is 38.4 Å². The average molecular weight is 408 g/mol. The summed E-state index contributed by atoms with van der Waals surface area (Å²) in [4.78, 5) is 23.9. The number of ether oxygens (including phenoxy) is 2. The Morgan fingerprint density at radius 1 is 1.26 bits per heavy atom. The molecular weight excluding hydrogens is 383 g/mol. The molecule has 2 heterocycles. The van der Waals surface area contributed by atoms with Gasteiger partial charge in [-0.05, 0) is 13.8 Å². The Hall–Kier alpha value is -1.33. The van der Waals surface area contributed by atoms with Crippen molar-refractivity contribution in [2.24, 2.45) is 7.05 Å². The number of nitrogens with zero attached hydrogens (tertiary/aromatic N) is 2. The Kier molecular flexibility index (Phi) is 7.52. The number of phosphoric ester groups is 1. The predicted molar refractivity (Wildman–Crippen MR) is 93.5 cm³/mol. The topological polar surface area (TPSA) is 127 Å². The molecule has 0 aliphatic carbocycles. The molecule has 154 valence electrons. The van der Waals surface area contributed by atoms with Gasteiger partial charge in [0.25, 0.3) is 5.56 Å². The van der Waals surface area contributed by atoms with Crippen LogP contribution in [0.1, 0.15) is 20.1 Å². The summed E-state index contributed by atoms with van der Waals surface area (Å²) in [5.74, 6) is 0. The third kappa shape index (κ3) is 4.75. The normalized spacial score (nSPS) is 25.8. The van der Waals surface area contributed by atoms with Crippen LogP contribution in [0.4, 0.5) is 0 Å². The third-order valence-corrected chi connectivity index (χ3v) is 5.61. The van der Waals surface area contributed by atoms with Crippen molar-refractivity contribution in [3.05, 3.63) is 33.1 Å². The highest BCUT2D eigenvalue weighted by Gasteiger charge is 2.49. The first-order valence-electron chi connectivity index (χ1n) is 8.46. The fourth-order valence-corrected chi connectivity index (χ4v) is 4.11. The van der Waals surface area contributed by atoms with E-state index in [9.17, 15) is 19.3 Å². The minimum atomic E-state index is -3.95. The van der Waals surface area contributed by atoms with Crippen molar-refractivity contribution in [1.29, 1.82) is 0 Å². The maximum Gasteiger partial charge on any atom is 0.475 e. The standard InChI is InChI=1S/C15H25N2O9P/c1-5-23-27(21,24-6-2)26-13-10(9-22-4)25-14(12(13)19)17-8-7-11(18)16(3)15(17)20/h7-8,10,12-14,19H,5-6,9H2,1-4H3/t10-,12-,13-,14-/m1/s1. The number of methoxy groups -OCH3 is 1. The van der Waals surface area contributed by atoms with Gasteiger partial charge >= 0.3 is 13.5 Å². The SMILES string of the molecule is CCOP(=O)(OCC)O[C@H]1[C@@H](O)[C@H](n2ccc(=O)n(C)c2=O)O[C@@H]1COC. The molecule has 4 atom stereocenters. The molecule has 0 bridgehead atoms. The molecule has 27 heavy (non-hydrogen) atoms. The average Bonchev–Trinajstić information content (AvgIpc) is 2.90. The van der Waals surface area contributed by atoms with Crippen molar-refractivity contribution < 1.29 is 32.7 Å². The maximum atomic E-state index is 12.7. The van der Waals surface area contributed by atoms with Crippen molar-refractivity contribution in [3.8, 4) is 0 Å². The van der Waals surface area contributed by atoms with E-state index in [-0.39, 0.29) is 19.8 Å². The highest BCUT2D eigenvalue weighted by Crippen LogP contribution is 2.52. The Balaban J connectivity index is 2.35. The van der Waals surface area contributed by atoms with Gasteiger partial charge in [-0.2, -0.15) is 0 Å². The summed E-state index contributed by atoms with van der Waals surface area (Å²) in [6, 6.07) is 1.17. The van der Waals surface area contributed by atoms with E-state index in [0.29, 0.717) is 0 Å². The molecule has 12 heteroatoms. The highest BCUT2D eigenvalue weighted by atomic mass is 31.2. The molecule has 0 radical (unpaired) electrons. The molecule has 1 N–H and O–H groups in total. The lowest BCUT2D eigenvalue weighted by molar-refractivity contribution is -0.0621. The van der Waals surface area contributed by atoms with E-state index in [1.165, 1.54) is 26.4 Å². The van der Waals surface area contributed by atoms with E-state index < -0.39 is 43.6 Å². The number of aliphatic hydroxyl groups excluding tert-OH is 1. The molecule has 1 saturated heterocycles. The fraction of sp³-hybridized carbons (Fsp3) is 0.733. The summed E-state index contributed by atoms with van der Waals surface area (Å²) >= 11 is 0. The van der Waals surface area contributed by atoms with Crippen molar-refractivity contribution >= 4 is 7.82 Å². The molecule has 11 nitrogen and oxygen atoms in total. The number of hydrogen-bond acceptors (Lipinski definition) is 9. The molecule has 1 aromatic rings. The molecule has 1 fully saturated rings. The molecule has 1 aliphatic heterocycles. The van der Waals surface area contributed by atoms with Crippen LogP contribution in [0.15, 0.2) is 21.9 Å². The Labute approximate surface area is 156 Å². The number of phosphoric acid groups is 1. The van der Waals surface area contributed by atoms with E-state index >= 15 is 0 Å². The minimum Gasteiger partial charge on any atom is -0.386 e. The highest BCUT2D eigenvalue weighted by molar-refractivity contribution is 7.48. The maximum absolute atomic E-state index is 12.7. The molecule has 0 unspecified atom stereocenters. The monoisotopic (exact) mass is 408 g/mol. The van der Waals surface area contributed by atoms with Crippen LogP contribution in [0.3, 0.4) is 0 Å². The predicted octanol–water partition coefficient (Wildman–Crippen LogP) is 0.0180. The van der Waals surface area contributed by atoms with Gasteiger partial charge < -0.3 is 14.6 Å². The molecule has 0 aromatic carbocycles. The van der Waals surface area contributed by atoms with Gasteiger partial charge in [-0.1, -0.05) is 0 Å². The summed E-state index contributed by atoms with van der Waals surface area (Å²) in [6.45, 7) is 3.38. The largest absolute Gasteiger partial charge is 0.475 e.